The number of amides is 1. The zero-order chi connectivity index (χ0) is 28.2. The van der Waals surface area contributed by atoms with Crippen LogP contribution in [0.4, 0.5) is 13.2 Å². The summed E-state index contributed by atoms with van der Waals surface area (Å²) in [6, 6.07) is 13.1. The molecule has 1 amide bonds. The number of alkyl halides is 3. The number of nitrogens with one attached hydrogen (secondary N) is 1. The van der Waals surface area contributed by atoms with Crippen LogP contribution < -0.4 is 10.1 Å². The normalized spacial score (nSPS) is 19.2. The molecule has 1 fully saturated rings. The summed E-state index contributed by atoms with van der Waals surface area (Å²) in [5.41, 5.74) is 3.81. The number of carbonyl (C=O) groups is 2. The first-order valence-electron chi connectivity index (χ1n) is 13.1. The Hall–Kier alpha value is -3.82. The van der Waals surface area contributed by atoms with Crippen molar-refractivity contribution in [1.82, 2.24) is 10.3 Å². The highest BCUT2D eigenvalue weighted by Crippen LogP contribution is 2.38. The molecule has 7 nitrogen and oxygen atoms in total. The maximum Gasteiger partial charge on any atom is 0.573 e. The molecule has 0 spiro atoms. The lowest BCUT2D eigenvalue weighted by molar-refractivity contribution is -0.274. The number of ether oxygens (including phenoxy) is 1. The van der Waals surface area contributed by atoms with Gasteiger partial charge in [0.25, 0.3) is 5.91 Å². The van der Waals surface area contributed by atoms with Gasteiger partial charge in [-0.2, -0.15) is 5.10 Å². The lowest BCUT2D eigenvalue weighted by Crippen LogP contribution is -2.50. The van der Waals surface area contributed by atoms with Crippen molar-refractivity contribution in [3.8, 4) is 16.9 Å². The van der Waals surface area contributed by atoms with Gasteiger partial charge < -0.3 is 15.2 Å². The van der Waals surface area contributed by atoms with E-state index >= 15 is 0 Å². The smallest absolute Gasteiger partial charge is 0.481 e. The van der Waals surface area contributed by atoms with Gasteiger partial charge in [0.2, 0.25) is 0 Å². The monoisotopic (exact) mass is 543 g/mol. The second-order valence-corrected chi connectivity index (χ2v) is 9.84. The molecule has 0 bridgehead atoms. The Balaban J connectivity index is 1.69. The van der Waals surface area contributed by atoms with Crippen LogP contribution in [-0.4, -0.2) is 40.2 Å². The Labute approximate surface area is 225 Å². The van der Waals surface area contributed by atoms with Gasteiger partial charge in [0.15, 0.2) is 0 Å². The molecule has 0 radical (unpaired) electrons. The number of benzene rings is 2. The largest absolute Gasteiger partial charge is 0.573 e. The summed E-state index contributed by atoms with van der Waals surface area (Å²) < 4.78 is 42.0. The third-order valence-electron chi connectivity index (χ3n) is 7.03. The zero-order valence-electron chi connectivity index (χ0n) is 21.9. The number of hydrogen-bond donors (Lipinski definition) is 2. The Morgan fingerprint density at radius 2 is 1.74 bits per heavy atom. The van der Waals surface area contributed by atoms with Crippen LogP contribution in [0.25, 0.3) is 16.8 Å². The molecule has 0 saturated heterocycles. The lowest BCUT2D eigenvalue weighted by Gasteiger charge is -2.38. The maximum absolute atomic E-state index is 13.9. The van der Waals surface area contributed by atoms with Crippen molar-refractivity contribution < 1.29 is 32.6 Å². The summed E-state index contributed by atoms with van der Waals surface area (Å²) in [6.07, 6.45) is -0.215. The van der Waals surface area contributed by atoms with Crippen molar-refractivity contribution >= 4 is 23.3 Å². The number of hydrazone groups is 1. The molecule has 1 aliphatic carbocycles. The number of hydrogen-bond acceptors (Lipinski definition) is 5. The summed E-state index contributed by atoms with van der Waals surface area (Å²) >= 11 is 0. The van der Waals surface area contributed by atoms with Crippen LogP contribution in [0.15, 0.2) is 59.2 Å². The third-order valence-corrected chi connectivity index (χ3v) is 7.03. The highest BCUT2D eigenvalue weighted by Gasteiger charge is 2.37. The van der Waals surface area contributed by atoms with Crippen molar-refractivity contribution in [1.29, 1.82) is 0 Å². The minimum atomic E-state index is -4.77. The predicted molar refractivity (Wildman–Crippen MR) is 141 cm³/mol. The Morgan fingerprint density at radius 3 is 2.36 bits per heavy atom. The van der Waals surface area contributed by atoms with Gasteiger partial charge in [-0.25, -0.2) is 5.01 Å². The average Bonchev–Trinajstić information content (AvgIpc) is 2.89. The molecule has 1 heterocycles. The molecule has 208 valence electrons. The van der Waals surface area contributed by atoms with Gasteiger partial charge >= 0.3 is 12.3 Å². The molecule has 10 heteroatoms. The Kier molecular flexibility index (Phi) is 8.62. The van der Waals surface area contributed by atoms with E-state index in [4.69, 9.17) is 0 Å². The van der Waals surface area contributed by atoms with E-state index in [9.17, 15) is 27.9 Å². The van der Waals surface area contributed by atoms with E-state index in [1.807, 2.05) is 19.1 Å². The van der Waals surface area contributed by atoms with E-state index in [1.54, 1.807) is 25.1 Å². The fraction of sp³-hybridized carbons (Fsp3) is 0.414. The van der Waals surface area contributed by atoms with Crippen LogP contribution in [0.3, 0.4) is 0 Å². The first-order chi connectivity index (χ1) is 18.6. The predicted octanol–water partition coefficient (Wildman–Crippen LogP) is 6.56. The molecule has 2 aromatic carbocycles. The van der Waals surface area contributed by atoms with E-state index in [0.29, 0.717) is 34.5 Å². The SMILES string of the molecule is CC/C(CC(=O)O)=N\N1C(=O)C(C2CCCCC2)=C(c2ccc(-c3cccc(OC(F)(F)F)c3)cc2)NC1C. The molecular weight excluding hydrogens is 511 g/mol. The van der Waals surface area contributed by atoms with Crippen LogP contribution in [0, 0.1) is 5.92 Å². The molecule has 0 aromatic heterocycles. The molecule has 1 atom stereocenters. The molecule has 2 aromatic rings. The van der Waals surface area contributed by atoms with Gasteiger partial charge in [-0.1, -0.05) is 62.6 Å². The van der Waals surface area contributed by atoms with E-state index in [-0.39, 0.29) is 24.0 Å². The van der Waals surface area contributed by atoms with E-state index in [0.717, 1.165) is 37.7 Å². The van der Waals surface area contributed by atoms with Gasteiger partial charge in [-0.05, 0) is 60.9 Å². The van der Waals surface area contributed by atoms with Crippen LogP contribution in [0.1, 0.15) is 64.4 Å². The Bertz CT molecular complexity index is 1270. The second kappa shape index (κ2) is 11.9. The number of carbonyl (C=O) groups excluding carboxylic acids is 1. The molecule has 4 rings (SSSR count). The number of halogens is 3. The van der Waals surface area contributed by atoms with Gasteiger partial charge in [0.05, 0.1) is 12.1 Å². The number of carboxylic acid groups (broad SMARTS) is 1. The van der Waals surface area contributed by atoms with E-state index in [2.05, 4.69) is 15.2 Å². The topological polar surface area (TPSA) is 91.2 Å². The van der Waals surface area contributed by atoms with Gasteiger partial charge in [-0.15, -0.1) is 13.2 Å². The van der Waals surface area contributed by atoms with Gasteiger partial charge in [-0.3, -0.25) is 9.59 Å². The Morgan fingerprint density at radius 1 is 1.08 bits per heavy atom. The lowest BCUT2D eigenvalue weighted by atomic mass is 9.80. The minimum Gasteiger partial charge on any atom is -0.481 e. The van der Waals surface area contributed by atoms with Crippen molar-refractivity contribution in [3.63, 3.8) is 0 Å². The molecule has 2 N–H and O–H groups in total. The molecule has 1 unspecified atom stereocenters. The van der Waals surface area contributed by atoms with Crippen LogP contribution in [0.5, 0.6) is 5.75 Å². The fourth-order valence-corrected chi connectivity index (χ4v) is 5.15. The van der Waals surface area contributed by atoms with Crippen molar-refractivity contribution in [2.45, 2.75) is 71.3 Å². The maximum atomic E-state index is 13.9. The third kappa shape index (κ3) is 6.99. The molecular formula is C29H32F3N3O4. The van der Waals surface area contributed by atoms with Crippen molar-refractivity contribution in [2.75, 3.05) is 0 Å². The first kappa shape index (κ1) is 28.2. The van der Waals surface area contributed by atoms with Gasteiger partial charge in [0, 0.05) is 11.3 Å². The molecule has 1 saturated carbocycles. The quantitative estimate of drug-likeness (QED) is 0.368. The van der Waals surface area contributed by atoms with Crippen LogP contribution >= 0.6 is 0 Å². The summed E-state index contributed by atoms with van der Waals surface area (Å²) in [5, 5.41) is 18.5. The minimum absolute atomic E-state index is 0.0411. The first-order valence-corrected chi connectivity index (χ1v) is 13.1. The highest BCUT2D eigenvalue weighted by molar-refractivity contribution is 6.04. The summed E-state index contributed by atoms with van der Waals surface area (Å²) in [4.78, 5) is 25.1. The van der Waals surface area contributed by atoms with Gasteiger partial charge in [0.1, 0.15) is 11.9 Å². The van der Waals surface area contributed by atoms with Crippen molar-refractivity contribution in [2.24, 2.45) is 11.0 Å². The number of aliphatic carboxylic acids is 1. The van der Waals surface area contributed by atoms with Crippen LogP contribution in [-0.2, 0) is 9.59 Å². The summed E-state index contributed by atoms with van der Waals surface area (Å²) in [7, 11) is 0. The fourth-order valence-electron chi connectivity index (χ4n) is 5.15. The molecule has 39 heavy (non-hydrogen) atoms. The number of nitrogens with zero attached hydrogens (tertiary/aromatic N) is 2. The molecule has 2 aliphatic rings. The van der Waals surface area contributed by atoms with Crippen LogP contribution in [0.2, 0.25) is 0 Å². The number of rotatable bonds is 8. The summed E-state index contributed by atoms with van der Waals surface area (Å²) in [6.45, 7) is 3.61. The zero-order valence-corrected chi connectivity index (χ0v) is 21.9. The average molecular weight is 544 g/mol. The molecule has 1 aliphatic heterocycles. The summed E-state index contributed by atoms with van der Waals surface area (Å²) in [5.74, 6) is -1.49. The highest BCUT2D eigenvalue weighted by atomic mass is 19.4. The number of carboxylic acids is 1. The standard InChI is InChI=1S/C29H32F3N3O4/c1-3-23(17-25(36)37)34-35-18(2)33-27(26(28(35)38)20-8-5-4-6-9-20)21-14-12-19(13-15-21)22-10-7-11-24(16-22)39-29(30,31)32/h7,10-16,18,20,33H,3-6,8-9,17H2,1-2H3,(H,36,37)/b34-23+. The van der Waals surface area contributed by atoms with E-state index < -0.39 is 18.5 Å². The van der Waals surface area contributed by atoms with E-state index in [1.165, 1.54) is 23.2 Å². The van der Waals surface area contributed by atoms with Crippen molar-refractivity contribution in [3.05, 3.63) is 59.7 Å². The second-order valence-electron chi connectivity index (χ2n) is 9.84.